The first-order chi connectivity index (χ1) is 11.5. The number of nitrogens with one attached hydrogen (secondary N) is 2. The van der Waals surface area contributed by atoms with Gasteiger partial charge in [-0.3, -0.25) is 0 Å². The third kappa shape index (κ3) is 6.52. The lowest BCUT2D eigenvalue weighted by molar-refractivity contribution is 0.176. The standard InChI is InChI=1S/C17H23FN4OS.HI/c1-4-19-17(21-10-16-22-11(2)12(3)24-16)20-9-15(23)13-7-5-6-8-14(13)18;/h5-8,15,23H,4,9-10H2,1-3H3,(H2,19,20,21);1H. The van der Waals surface area contributed by atoms with Crippen LogP contribution in [0, 0.1) is 19.7 Å². The predicted molar refractivity (Wildman–Crippen MR) is 111 cm³/mol. The van der Waals surface area contributed by atoms with E-state index in [4.69, 9.17) is 0 Å². The quantitative estimate of drug-likeness (QED) is 0.339. The molecule has 0 aliphatic heterocycles. The zero-order valence-corrected chi connectivity index (χ0v) is 17.7. The van der Waals surface area contributed by atoms with Crippen molar-refractivity contribution >= 4 is 41.3 Å². The fraction of sp³-hybridized carbons (Fsp3) is 0.412. The van der Waals surface area contributed by atoms with Gasteiger partial charge in [0.2, 0.25) is 0 Å². The largest absolute Gasteiger partial charge is 0.386 e. The van der Waals surface area contributed by atoms with Crippen LogP contribution in [0.25, 0.3) is 0 Å². The van der Waals surface area contributed by atoms with Crippen molar-refractivity contribution in [3.05, 3.63) is 51.2 Å². The molecule has 0 aliphatic carbocycles. The molecule has 8 heteroatoms. The van der Waals surface area contributed by atoms with E-state index in [1.807, 2.05) is 20.8 Å². The highest BCUT2D eigenvalue weighted by molar-refractivity contribution is 14.0. The molecule has 0 aliphatic rings. The lowest BCUT2D eigenvalue weighted by Gasteiger charge is -2.15. The van der Waals surface area contributed by atoms with Gasteiger partial charge in [0.15, 0.2) is 5.96 Å². The molecule has 0 amide bonds. The zero-order chi connectivity index (χ0) is 17.5. The van der Waals surface area contributed by atoms with Gasteiger partial charge in [-0.1, -0.05) is 18.2 Å². The van der Waals surface area contributed by atoms with E-state index in [1.54, 1.807) is 29.5 Å². The van der Waals surface area contributed by atoms with Gasteiger partial charge in [0.1, 0.15) is 10.8 Å². The van der Waals surface area contributed by atoms with Crippen LogP contribution in [0.2, 0.25) is 0 Å². The number of rotatable bonds is 6. The maximum absolute atomic E-state index is 13.7. The molecule has 0 saturated carbocycles. The number of benzene rings is 1. The van der Waals surface area contributed by atoms with Crippen molar-refractivity contribution in [2.75, 3.05) is 13.1 Å². The fourth-order valence-corrected chi connectivity index (χ4v) is 3.00. The Balaban J connectivity index is 0.00000312. The predicted octanol–water partition coefficient (Wildman–Crippen LogP) is 3.31. The van der Waals surface area contributed by atoms with Crippen LogP contribution in [-0.4, -0.2) is 29.1 Å². The fourth-order valence-electron chi connectivity index (χ4n) is 2.14. The number of hydrogen-bond donors (Lipinski definition) is 3. The molecule has 0 fully saturated rings. The van der Waals surface area contributed by atoms with E-state index in [2.05, 4.69) is 20.6 Å². The SMILES string of the molecule is CCNC(=NCc1nc(C)c(C)s1)NCC(O)c1ccccc1F.I. The van der Waals surface area contributed by atoms with Gasteiger partial charge >= 0.3 is 0 Å². The topological polar surface area (TPSA) is 69.5 Å². The van der Waals surface area contributed by atoms with E-state index in [0.29, 0.717) is 19.0 Å². The highest BCUT2D eigenvalue weighted by Crippen LogP contribution is 2.17. The first kappa shape index (κ1) is 21.8. The Morgan fingerprint density at radius 1 is 1.32 bits per heavy atom. The normalized spacial score (nSPS) is 12.4. The van der Waals surface area contributed by atoms with Crippen molar-refractivity contribution in [3.63, 3.8) is 0 Å². The average Bonchev–Trinajstić information content (AvgIpc) is 2.88. The summed E-state index contributed by atoms with van der Waals surface area (Å²) >= 11 is 1.62. The second-order valence-electron chi connectivity index (χ2n) is 5.36. The van der Waals surface area contributed by atoms with Gasteiger partial charge in [0.25, 0.3) is 0 Å². The average molecular weight is 478 g/mol. The summed E-state index contributed by atoms with van der Waals surface area (Å²) in [7, 11) is 0. The summed E-state index contributed by atoms with van der Waals surface area (Å²) < 4.78 is 13.7. The molecule has 1 aromatic heterocycles. The molecule has 0 saturated heterocycles. The molecular formula is C17H24FIN4OS. The Morgan fingerprint density at radius 3 is 2.64 bits per heavy atom. The van der Waals surface area contributed by atoms with Crippen LogP contribution in [0.1, 0.15) is 34.2 Å². The zero-order valence-electron chi connectivity index (χ0n) is 14.5. The number of aliphatic hydroxyl groups is 1. The molecule has 1 aromatic carbocycles. The summed E-state index contributed by atoms with van der Waals surface area (Å²) in [6.45, 7) is 7.30. The summed E-state index contributed by atoms with van der Waals surface area (Å²) in [5.41, 5.74) is 1.30. The minimum absolute atomic E-state index is 0. The Morgan fingerprint density at radius 2 is 2.04 bits per heavy atom. The lowest BCUT2D eigenvalue weighted by Crippen LogP contribution is -2.39. The van der Waals surface area contributed by atoms with Crippen molar-refractivity contribution in [2.24, 2.45) is 4.99 Å². The van der Waals surface area contributed by atoms with Gasteiger partial charge in [-0.25, -0.2) is 14.4 Å². The highest BCUT2D eigenvalue weighted by Gasteiger charge is 2.12. The Kier molecular flexibility index (Phi) is 9.30. The van der Waals surface area contributed by atoms with Crippen LogP contribution < -0.4 is 10.6 Å². The molecule has 5 nitrogen and oxygen atoms in total. The summed E-state index contributed by atoms with van der Waals surface area (Å²) in [6, 6.07) is 6.22. The number of guanidine groups is 1. The van der Waals surface area contributed by atoms with Gasteiger partial charge in [0, 0.05) is 23.5 Å². The van der Waals surface area contributed by atoms with Gasteiger partial charge in [-0.05, 0) is 26.8 Å². The van der Waals surface area contributed by atoms with Crippen LogP contribution in [0.15, 0.2) is 29.3 Å². The van der Waals surface area contributed by atoms with E-state index < -0.39 is 11.9 Å². The second-order valence-corrected chi connectivity index (χ2v) is 6.65. The molecule has 2 rings (SSSR count). The highest BCUT2D eigenvalue weighted by atomic mass is 127. The lowest BCUT2D eigenvalue weighted by atomic mass is 10.1. The summed E-state index contributed by atoms with van der Waals surface area (Å²) in [4.78, 5) is 10.1. The van der Waals surface area contributed by atoms with Gasteiger partial charge in [0.05, 0.1) is 18.3 Å². The molecule has 2 aromatic rings. The van der Waals surface area contributed by atoms with Crippen LogP contribution in [0.3, 0.4) is 0 Å². The van der Waals surface area contributed by atoms with E-state index in [-0.39, 0.29) is 36.1 Å². The van der Waals surface area contributed by atoms with Crippen LogP contribution >= 0.6 is 35.3 Å². The van der Waals surface area contributed by atoms with Crippen LogP contribution in [0.4, 0.5) is 4.39 Å². The molecule has 0 bridgehead atoms. The van der Waals surface area contributed by atoms with Crippen molar-refractivity contribution in [1.29, 1.82) is 0 Å². The van der Waals surface area contributed by atoms with Crippen molar-refractivity contribution in [1.82, 2.24) is 15.6 Å². The first-order valence-corrected chi connectivity index (χ1v) is 8.70. The smallest absolute Gasteiger partial charge is 0.191 e. The maximum atomic E-state index is 13.7. The third-order valence-electron chi connectivity index (χ3n) is 3.52. The third-order valence-corrected chi connectivity index (χ3v) is 4.57. The molecule has 1 heterocycles. The molecule has 0 radical (unpaired) electrons. The maximum Gasteiger partial charge on any atom is 0.191 e. The number of thiazole rings is 1. The molecule has 1 unspecified atom stereocenters. The Labute approximate surface area is 168 Å². The van der Waals surface area contributed by atoms with Crippen molar-refractivity contribution in [2.45, 2.75) is 33.4 Å². The van der Waals surface area contributed by atoms with Crippen molar-refractivity contribution < 1.29 is 9.50 Å². The number of aromatic nitrogens is 1. The minimum Gasteiger partial charge on any atom is -0.386 e. The molecule has 138 valence electrons. The van der Waals surface area contributed by atoms with Crippen LogP contribution in [-0.2, 0) is 6.54 Å². The molecule has 1 atom stereocenters. The number of aliphatic hydroxyl groups excluding tert-OH is 1. The van der Waals surface area contributed by atoms with Gasteiger partial charge < -0.3 is 15.7 Å². The number of hydrogen-bond acceptors (Lipinski definition) is 4. The molecular weight excluding hydrogens is 454 g/mol. The van der Waals surface area contributed by atoms with E-state index >= 15 is 0 Å². The second kappa shape index (κ2) is 10.7. The Bertz CT molecular complexity index is 688. The van der Waals surface area contributed by atoms with Gasteiger partial charge in [-0.15, -0.1) is 35.3 Å². The Hall–Kier alpha value is -1.26. The van der Waals surface area contributed by atoms with Crippen LogP contribution in [0.5, 0.6) is 0 Å². The summed E-state index contributed by atoms with van der Waals surface area (Å²) in [5.74, 6) is 0.154. The molecule has 0 spiro atoms. The number of aliphatic imine (C=N–C) groups is 1. The van der Waals surface area contributed by atoms with E-state index in [9.17, 15) is 9.50 Å². The summed E-state index contributed by atoms with van der Waals surface area (Å²) in [6.07, 6.45) is -0.945. The number of halogens is 2. The van der Waals surface area contributed by atoms with Gasteiger partial charge in [-0.2, -0.15) is 0 Å². The van der Waals surface area contributed by atoms with E-state index in [0.717, 1.165) is 10.7 Å². The monoisotopic (exact) mass is 478 g/mol. The number of nitrogens with zero attached hydrogens (tertiary/aromatic N) is 2. The minimum atomic E-state index is -0.945. The molecule has 3 N–H and O–H groups in total. The summed E-state index contributed by atoms with van der Waals surface area (Å²) in [5, 5.41) is 17.2. The van der Waals surface area contributed by atoms with E-state index in [1.165, 1.54) is 10.9 Å². The molecule has 25 heavy (non-hydrogen) atoms. The van der Waals surface area contributed by atoms with Crippen molar-refractivity contribution in [3.8, 4) is 0 Å². The first-order valence-electron chi connectivity index (χ1n) is 7.88. The number of aryl methyl sites for hydroxylation is 2.